The molecule has 0 N–H and O–H groups in total. The SMILES string of the molecule is CCC(CC)(CCCCCCc1cc(F)c(F)cc1F)O[SiH3]. The van der Waals surface area contributed by atoms with E-state index in [1.165, 1.54) is 0 Å². The molecule has 1 aromatic carbocycles. The Morgan fingerprint density at radius 2 is 1.50 bits per heavy atom. The van der Waals surface area contributed by atoms with Crippen LogP contribution in [0.2, 0.25) is 0 Å². The zero-order valence-electron chi connectivity index (χ0n) is 13.9. The van der Waals surface area contributed by atoms with Crippen molar-refractivity contribution < 1.29 is 17.6 Å². The summed E-state index contributed by atoms with van der Waals surface area (Å²) in [6.45, 7) is 4.32. The van der Waals surface area contributed by atoms with Gasteiger partial charge in [-0.05, 0) is 43.7 Å². The number of rotatable bonds is 10. The van der Waals surface area contributed by atoms with Gasteiger partial charge >= 0.3 is 0 Å². The minimum Gasteiger partial charge on any atom is -0.422 e. The monoisotopic (exact) mass is 332 g/mol. The molecule has 0 aliphatic rings. The topological polar surface area (TPSA) is 9.23 Å². The highest BCUT2D eigenvalue weighted by molar-refractivity contribution is 5.98. The van der Waals surface area contributed by atoms with E-state index in [2.05, 4.69) is 13.8 Å². The van der Waals surface area contributed by atoms with Gasteiger partial charge in [-0.2, -0.15) is 0 Å². The van der Waals surface area contributed by atoms with Crippen molar-refractivity contribution in [3.8, 4) is 0 Å². The van der Waals surface area contributed by atoms with Crippen LogP contribution in [-0.4, -0.2) is 16.1 Å². The van der Waals surface area contributed by atoms with Crippen LogP contribution in [0.15, 0.2) is 12.1 Å². The van der Waals surface area contributed by atoms with E-state index in [9.17, 15) is 13.2 Å². The molecule has 0 spiro atoms. The molecular formula is C17H27F3OSi. The molecule has 22 heavy (non-hydrogen) atoms. The first-order valence-corrected chi connectivity index (χ1v) is 8.98. The van der Waals surface area contributed by atoms with Crippen molar-refractivity contribution in [1.82, 2.24) is 0 Å². The van der Waals surface area contributed by atoms with Gasteiger partial charge in [0.05, 0.1) is 5.60 Å². The molecule has 1 aromatic rings. The molecule has 0 fully saturated rings. The fraction of sp³-hybridized carbons (Fsp3) is 0.647. The van der Waals surface area contributed by atoms with E-state index in [0.717, 1.165) is 61.5 Å². The number of unbranched alkanes of at least 4 members (excludes halogenated alkanes) is 3. The van der Waals surface area contributed by atoms with Gasteiger partial charge in [-0.15, -0.1) is 0 Å². The predicted molar refractivity (Wildman–Crippen MR) is 87.4 cm³/mol. The molecule has 0 unspecified atom stereocenters. The van der Waals surface area contributed by atoms with Crippen LogP contribution in [-0.2, 0) is 10.8 Å². The van der Waals surface area contributed by atoms with Crippen LogP contribution in [0.1, 0.15) is 64.4 Å². The van der Waals surface area contributed by atoms with Gasteiger partial charge in [-0.3, -0.25) is 0 Å². The second kappa shape index (κ2) is 9.35. The van der Waals surface area contributed by atoms with Gasteiger partial charge in [0.2, 0.25) is 0 Å². The molecule has 1 rings (SSSR count). The summed E-state index contributed by atoms with van der Waals surface area (Å²) in [5, 5.41) is 0. The lowest BCUT2D eigenvalue weighted by Crippen LogP contribution is -2.30. The first-order chi connectivity index (χ1) is 10.5. The summed E-state index contributed by atoms with van der Waals surface area (Å²) in [5.74, 6) is -2.75. The summed E-state index contributed by atoms with van der Waals surface area (Å²) in [5.41, 5.74) is 0.302. The summed E-state index contributed by atoms with van der Waals surface area (Å²) in [6.07, 6.45) is 7.47. The fourth-order valence-corrected chi connectivity index (χ4v) is 3.65. The van der Waals surface area contributed by atoms with E-state index in [1.54, 1.807) is 0 Å². The molecule has 1 nitrogen and oxygen atoms in total. The second-order valence-electron chi connectivity index (χ2n) is 5.87. The molecule has 5 heteroatoms. The Morgan fingerprint density at radius 3 is 2.09 bits per heavy atom. The third-order valence-corrected chi connectivity index (χ3v) is 5.51. The molecule has 0 bridgehead atoms. The Kier molecular flexibility index (Phi) is 8.18. The van der Waals surface area contributed by atoms with Crippen LogP contribution < -0.4 is 0 Å². The Hall–Kier alpha value is -0.813. The Bertz CT molecular complexity index is 453. The zero-order valence-corrected chi connectivity index (χ0v) is 15.9. The van der Waals surface area contributed by atoms with E-state index >= 15 is 0 Å². The van der Waals surface area contributed by atoms with Gasteiger partial charge in [0.15, 0.2) is 11.6 Å². The summed E-state index contributed by atoms with van der Waals surface area (Å²) in [7, 11) is 0.758. The van der Waals surface area contributed by atoms with E-state index in [-0.39, 0.29) is 11.2 Å². The first kappa shape index (κ1) is 19.2. The molecule has 0 radical (unpaired) electrons. The standard InChI is InChI=1S/C17H27F3OSi/c1-3-17(4-2,21-22)10-8-6-5-7-9-13-11-15(19)16(20)12-14(13)18/h11-12H,3-10H2,1-2,22H3. The van der Waals surface area contributed by atoms with Gasteiger partial charge in [0, 0.05) is 6.07 Å². The average molecular weight is 332 g/mol. The van der Waals surface area contributed by atoms with E-state index in [0.29, 0.717) is 12.5 Å². The van der Waals surface area contributed by atoms with Crippen molar-refractivity contribution in [2.45, 2.75) is 70.8 Å². The van der Waals surface area contributed by atoms with Crippen molar-refractivity contribution in [3.05, 3.63) is 35.1 Å². The van der Waals surface area contributed by atoms with Crippen LogP contribution >= 0.6 is 0 Å². The van der Waals surface area contributed by atoms with Crippen molar-refractivity contribution in [1.29, 1.82) is 0 Å². The number of hydrogen-bond donors (Lipinski definition) is 0. The number of hydrogen-bond acceptors (Lipinski definition) is 1. The fourth-order valence-electron chi connectivity index (χ4n) is 2.87. The summed E-state index contributed by atoms with van der Waals surface area (Å²) >= 11 is 0. The second-order valence-corrected chi connectivity index (χ2v) is 6.27. The van der Waals surface area contributed by atoms with E-state index in [4.69, 9.17) is 4.43 Å². The maximum absolute atomic E-state index is 13.5. The lowest BCUT2D eigenvalue weighted by Gasteiger charge is -2.31. The maximum atomic E-state index is 13.5. The predicted octanol–water partition coefficient (Wildman–Crippen LogP) is 4.45. The van der Waals surface area contributed by atoms with E-state index < -0.39 is 17.5 Å². The number of benzene rings is 1. The van der Waals surface area contributed by atoms with Gasteiger partial charge in [-0.25, -0.2) is 13.2 Å². The Labute approximate surface area is 134 Å². The lowest BCUT2D eigenvalue weighted by atomic mass is 9.90. The van der Waals surface area contributed by atoms with Crippen molar-refractivity contribution in [2.24, 2.45) is 0 Å². The van der Waals surface area contributed by atoms with Gasteiger partial charge < -0.3 is 4.43 Å². The van der Waals surface area contributed by atoms with Crippen molar-refractivity contribution in [3.63, 3.8) is 0 Å². The Balaban J connectivity index is 2.30. The highest BCUT2D eigenvalue weighted by Crippen LogP contribution is 2.26. The Morgan fingerprint density at radius 1 is 0.909 bits per heavy atom. The third kappa shape index (κ3) is 5.43. The summed E-state index contributed by atoms with van der Waals surface area (Å²) in [6, 6.07) is 1.60. The number of halogens is 3. The van der Waals surface area contributed by atoms with Crippen molar-refractivity contribution >= 4 is 10.5 Å². The van der Waals surface area contributed by atoms with Gasteiger partial charge in [0.1, 0.15) is 16.3 Å². The molecular weight excluding hydrogens is 305 g/mol. The molecule has 126 valence electrons. The van der Waals surface area contributed by atoms with Crippen LogP contribution in [0.4, 0.5) is 13.2 Å². The smallest absolute Gasteiger partial charge is 0.161 e. The lowest BCUT2D eigenvalue weighted by molar-refractivity contribution is 0.0583. The van der Waals surface area contributed by atoms with Crippen molar-refractivity contribution in [2.75, 3.05) is 0 Å². The van der Waals surface area contributed by atoms with Crippen LogP contribution in [0, 0.1) is 17.5 Å². The van der Waals surface area contributed by atoms with Gasteiger partial charge in [-0.1, -0.05) is 33.1 Å². The quantitative estimate of drug-likeness (QED) is 0.349. The minimum atomic E-state index is -1.13. The summed E-state index contributed by atoms with van der Waals surface area (Å²) in [4.78, 5) is 0. The van der Waals surface area contributed by atoms with E-state index in [1.807, 2.05) is 0 Å². The molecule has 0 saturated carbocycles. The highest BCUT2D eigenvalue weighted by Gasteiger charge is 2.23. The van der Waals surface area contributed by atoms with Crippen LogP contribution in [0.5, 0.6) is 0 Å². The summed E-state index contributed by atoms with van der Waals surface area (Å²) < 4.78 is 45.2. The third-order valence-electron chi connectivity index (χ3n) is 4.64. The molecule has 0 aliphatic heterocycles. The largest absolute Gasteiger partial charge is 0.422 e. The van der Waals surface area contributed by atoms with Crippen LogP contribution in [0.3, 0.4) is 0 Å². The molecule has 0 atom stereocenters. The zero-order chi connectivity index (χ0) is 16.6. The normalized spacial score (nSPS) is 12.0. The van der Waals surface area contributed by atoms with Crippen LogP contribution in [0.25, 0.3) is 0 Å². The highest BCUT2D eigenvalue weighted by atomic mass is 28.2. The molecule has 0 amide bonds. The minimum absolute atomic E-state index is 0.0401. The molecule has 0 aromatic heterocycles. The average Bonchev–Trinajstić information content (AvgIpc) is 2.52. The first-order valence-electron chi connectivity index (χ1n) is 8.16. The molecule has 0 heterocycles. The van der Waals surface area contributed by atoms with Gasteiger partial charge in [0.25, 0.3) is 0 Å². The number of aryl methyl sites for hydroxylation is 1. The molecule has 0 aliphatic carbocycles. The maximum Gasteiger partial charge on any atom is 0.161 e. The molecule has 0 saturated heterocycles.